The van der Waals surface area contributed by atoms with Crippen molar-refractivity contribution in [2.24, 2.45) is 18.7 Å². The number of carbonyl (C=O) groups excluding carboxylic acids is 1. The van der Waals surface area contributed by atoms with Crippen molar-refractivity contribution in [2.75, 3.05) is 13.2 Å². The normalized spacial score (nSPS) is 25.4. The Bertz CT molecular complexity index is 431. The van der Waals surface area contributed by atoms with Crippen molar-refractivity contribution in [1.29, 1.82) is 0 Å². The lowest BCUT2D eigenvalue weighted by atomic mass is 10.0. The average Bonchev–Trinajstić information content (AvgIpc) is 2.93. The first-order valence-electron chi connectivity index (χ1n) is 6.20. The number of rotatable bonds is 3. The van der Waals surface area contributed by atoms with E-state index in [1.807, 2.05) is 6.92 Å². The van der Waals surface area contributed by atoms with E-state index in [0.29, 0.717) is 18.0 Å². The average molecular weight is 252 g/mol. The van der Waals surface area contributed by atoms with Crippen LogP contribution in [0.4, 0.5) is 0 Å². The zero-order chi connectivity index (χ0) is 13.3. The molecule has 1 aliphatic rings. The van der Waals surface area contributed by atoms with Crippen LogP contribution in [0.2, 0.25) is 0 Å². The Morgan fingerprint density at radius 2 is 2.44 bits per heavy atom. The van der Waals surface area contributed by atoms with Gasteiger partial charge in [0.25, 0.3) is 0 Å². The van der Waals surface area contributed by atoms with Crippen LogP contribution in [-0.4, -0.2) is 44.9 Å². The molecule has 0 aromatic carbocycles. The van der Waals surface area contributed by atoms with Gasteiger partial charge in [-0.05, 0) is 12.3 Å². The Hall–Kier alpha value is -1.40. The van der Waals surface area contributed by atoms with Crippen LogP contribution in [0.1, 0.15) is 24.9 Å². The lowest BCUT2D eigenvalue weighted by Gasteiger charge is -2.27. The van der Waals surface area contributed by atoms with Gasteiger partial charge in [0.1, 0.15) is 6.04 Å². The number of aliphatic hydroxyl groups excluding tert-OH is 1. The molecule has 2 rings (SSSR count). The Labute approximate surface area is 106 Å². The van der Waals surface area contributed by atoms with Gasteiger partial charge in [-0.2, -0.15) is 5.10 Å². The molecule has 3 atom stereocenters. The predicted molar refractivity (Wildman–Crippen MR) is 66.5 cm³/mol. The monoisotopic (exact) mass is 252 g/mol. The summed E-state index contributed by atoms with van der Waals surface area (Å²) in [7, 11) is 1.79. The number of hydrogen-bond acceptors (Lipinski definition) is 4. The number of aryl methyl sites for hydroxylation is 1. The SMILES string of the molecule is CC1CCN(C(=O)C(N)c2cnn(C)c2)C1CO. The third kappa shape index (κ3) is 2.26. The van der Waals surface area contributed by atoms with E-state index >= 15 is 0 Å². The molecule has 0 saturated carbocycles. The number of aliphatic hydroxyl groups is 1. The van der Waals surface area contributed by atoms with Gasteiger partial charge in [-0.15, -0.1) is 0 Å². The van der Waals surface area contributed by atoms with Crippen molar-refractivity contribution in [2.45, 2.75) is 25.4 Å². The van der Waals surface area contributed by atoms with Gasteiger partial charge >= 0.3 is 0 Å². The molecule has 100 valence electrons. The summed E-state index contributed by atoms with van der Waals surface area (Å²) >= 11 is 0. The summed E-state index contributed by atoms with van der Waals surface area (Å²) in [5.74, 6) is 0.187. The first-order valence-corrected chi connectivity index (χ1v) is 6.20. The lowest BCUT2D eigenvalue weighted by molar-refractivity contribution is -0.134. The number of aromatic nitrogens is 2. The van der Waals surface area contributed by atoms with E-state index in [1.54, 1.807) is 29.0 Å². The molecule has 0 spiro atoms. The molecule has 0 aliphatic carbocycles. The quantitative estimate of drug-likeness (QED) is 0.770. The molecule has 6 nitrogen and oxygen atoms in total. The molecule has 2 heterocycles. The van der Waals surface area contributed by atoms with E-state index in [4.69, 9.17) is 5.73 Å². The van der Waals surface area contributed by atoms with Crippen LogP contribution in [0.25, 0.3) is 0 Å². The molecule has 0 bridgehead atoms. The second-order valence-corrected chi connectivity index (χ2v) is 4.97. The molecule has 1 aromatic heterocycles. The highest BCUT2D eigenvalue weighted by molar-refractivity contribution is 5.83. The fourth-order valence-corrected chi connectivity index (χ4v) is 2.48. The van der Waals surface area contributed by atoms with Gasteiger partial charge in [0.15, 0.2) is 0 Å². The van der Waals surface area contributed by atoms with Crippen LogP contribution < -0.4 is 5.73 Å². The maximum atomic E-state index is 12.3. The van der Waals surface area contributed by atoms with Gasteiger partial charge in [0.05, 0.1) is 18.8 Å². The minimum absolute atomic E-state index is 0.00728. The van der Waals surface area contributed by atoms with Crippen molar-refractivity contribution in [1.82, 2.24) is 14.7 Å². The number of amides is 1. The summed E-state index contributed by atoms with van der Waals surface area (Å²) in [6.45, 7) is 2.70. The third-order valence-electron chi connectivity index (χ3n) is 3.70. The van der Waals surface area contributed by atoms with Gasteiger partial charge in [-0.25, -0.2) is 0 Å². The van der Waals surface area contributed by atoms with E-state index in [9.17, 15) is 9.90 Å². The summed E-state index contributed by atoms with van der Waals surface area (Å²) in [6, 6.07) is -0.807. The molecular formula is C12H20N4O2. The van der Waals surface area contributed by atoms with E-state index in [0.717, 1.165) is 6.42 Å². The fourth-order valence-electron chi connectivity index (χ4n) is 2.48. The Kier molecular flexibility index (Phi) is 3.68. The maximum absolute atomic E-state index is 12.3. The summed E-state index contributed by atoms with van der Waals surface area (Å²) in [5.41, 5.74) is 6.68. The molecule has 3 N–H and O–H groups in total. The number of carbonyl (C=O) groups is 1. The number of hydrogen-bond donors (Lipinski definition) is 2. The Morgan fingerprint density at radius 3 is 3.00 bits per heavy atom. The second kappa shape index (κ2) is 5.07. The standard InChI is InChI=1S/C12H20N4O2/c1-8-3-4-16(10(8)7-17)12(18)11(13)9-5-14-15(2)6-9/h5-6,8,10-11,17H,3-4,7,13H2,1-2H3. The largest absolute Gasteiger partial charge is 0.394 e. The summed E-state index contributed by atoms with van der Waals surface area (Å²) in [5, 5.41) is 13.4. The van der Waals surface area contributed by atoms with Crippen molar-refractivity contribution in [3.8, 4) is 0 Å². The smallest absolute Gasteiger partial charge is 0.244 e. The molecule has 1 aromatic rings. The number of nitrogens with two attached hydrogens (primary N) is 1. The van der Waals surface area contributed by atoms with Crippen LogP contribution in [0, 0.1) is 5.92 Å². The molecular weight excluding hydrogens is 232 g/mol. The first-order chi connectivity index (χ1) is 8.54. The van der Waals surface area contributed by atoms with Crippen LogP contribution in [0.5, 0.6) is 0 Å². The van der Waals surface area contributed by atoms with Crippen molar-refractivity contribution < 1.29 is 9.90 Å². The second-order valence-electron chi connectivity index (χ2n) is 4.97. The zero-order valence-electron chi connectivity index (χ0n) is 10.8. The summed E-state index contributed by atoms with van der Waals surface area (Å²) in [4.78, 5) is 14.0. The molecule has 1 amide bonds. The number of nitrogens with zero attached hydrogens (tertiary/aromatic N) is 3. The molecule has 1 fully saturated rings. The van der Waals surface area contributed by atoms with Gasteiger partial charge < -0.3 is 15.7 Å². The minimum Gasteiger partial charge on any atom is -0.394 e. The van der Waals surface area contributed by atoms with Gasteiger partial charge in [-0.3, -0.25) is 9.48 Å². The summed E-state index contributed by atoms with van der Waals surface area (Å²) in [6.07, 6.45) is 4.27. The van der Waals surface area contributed by atoms with E-state index in [1.165, 1.54) is 0 Å². The van der Waals surface area contributed by atoms with Crippen molar-refractivity contribution in [3.63, 3.8) is 0 Å². The van der Waals surface area contributed by atoms with Crippen molar-refractivity contribution in [3.05, 3.63) is 18.0 Å². The van der Waals surface area contributed by atoms with Gasteiger partial charge in [-0.1, -0.05) is 6.92 Å². The minimum atomic E-state index is -0.696. The van der Waals surface area contributed by atoms with E-state index in [2.05, 4.69) is 5.10 Å². The van der Waals surface area contributed by atoms with Gasteiger partial charge in [0.2, 0.25) is 5.91 Å². The van der Waals surface area contributed by atoms with Crippen molar-refractivity contribution >= 4 is 5.91 Å². The van der Waals surface area contributed by atoms with E-state index < -0.39 is 6.04 Å². The lowest BCUT2D eigenvalue weighted by Crippen LogP contribution is -2.44. The Balaban J connectivity index is 2.11. The van der Waals surface area contributed by atoms with Crippen LogP contribution >= 0.6 is 0 Å². The molecule has 6 heteroatoms. The van der Waals surface area contributed by atoms with Crippen LogP contribution in [0.3, 0.4) is 0 Å². The molecule has 1 aliphatic heterocycles. The van der Waals surface area contributed by atoms with E-state index in [-0.39, 0.29) is 18.6 Å². The maximum Gasteiger partial charge on any atom is 0.244 e. The first kappa shape index (κ1) is 13.0. The van der Waals surface area contributed by atoms with Crippen LogP contribution in [0.15, 0.2) is 12.4 Å². The Morgan fingerprint density at radius 1 is 1.72 bits per heavy atom. The highest BCUT2D eigenvalue weighted by Gasteiger charge is 2.36. The molecule has 18 heavy (non-hydrogen) atoms. The van der Waals surface area contributed by atoms with Crippen LogP contribution in [-0.2, 0) is 11.8 Å². The number of likely N-dealkylation sites (tertiary alicyclic amines) is 1. The molecule has 3 unspecified atom stereocenters. The third-order valence-corrected chi connectivity index (χ3v) is 3.70. The molecule has 0 radical (unpaired) electrons. The fraction of sp³-hybridized carbons (Fsp3) is 0.667. The highest BCUT2D eigenvalue weighted by Crippen LogP contribution is 2.26. The van der Waals surface area contributed by atoms with Gasteiger partial charge in [0, 0.05) is 25.4 Å². The zero-order valence-corrected chi connectivity index (χ0v) is 10.8. The predicted octanol–water partition coefficient (Wildman–Crippen LogP) is -0.351. The highest BCUT2D eigenvalue weighted by atomic mass is 16.3. The molecule has 1 saturated heterocycles. The summed E-state index contributed by atoms with van der Waals surface area (Å²) < 4.78 is 1.62. The topological polar surface area (TPSA) is 84.4 Å².